The molecule has 192 valence electrons. The van der Waals surface area contributed by atoms with E-state index in [1.54, 1.807) is 0 Å². The summed E-state index contributed by atoms with van der Waals surface area (Å²) in [7, 11) is 0. The Labute approximate surface area is 203 Å². The lowest BCUT2D eigenvalue weighted by Crippen LogP contribution is -2.63. The second-order valence-electron chi connectivity index (χ2n) is 9.27. The predicted octanol–water partition coefficient (Wildman–Crippen LogP) is -0.301. The molecule has 0 amide bonds. The molecule has 0 aromatic heterocycles. The minimum Gasteiger partial charge on any atom is -0.598 e. The van der Waals surface area contributed by atoms with Crippen molar-refractivity contribution in [2.75, 3.05) is 32.8 Å². The van der Waals surface area contributed by atoms with E-state index in [2.05, 4.69) is 15.7 Å². The monoisotopic (exact) mass is 510 g/mol. The molecular weight excluding hydrogens is 472 g/mol. The molecule has 12 heteroatoms. The highest BCUT2D eigenvalue weighted by atomic mass is 32.2. The number of morpholine rings is 1. The third-order valence-corrected chi connectivity index (χ3v) is 8.68. The largest absolute Gasteiger partial charge is 0.598 e. The van der Waals surface area contributed by atoms with Crippen LogP contribution in [-0.4, -0.2) is 115 Å². The third-order valence-electron chi connectivity index (χ3n) is 5.67. The van der Waals surface area contributed by atoms with Gasteiger partial charge < -0.3 is 34.5 Å². The van der Waals surface area contributed by atoms with E-state index in [1.807, 2.05) is 26.8 Å². The summed E-state index contributed by atoms with van der Waals surface area (Å²) in [6.45, 7) is 9.41. The fourth-order valence-electron chi connectivity index (χ4n) is 3.81. The van der Waals surface area contributed by atoms with Crippen LogP contribution in [0.3, 0.4) is 0 Å². The maximum absolute atomic E-state index is 12.7. The summed E-state index contributed by atoms with van der Waals surface area (Å²) in [4.78, 5) is 10.7. The normalized spacial score (nSPS) is 37.8. The maximum Gasteiger partial charge on any atom is 0.290 e. The van der Waals surface area contributed by atoms with E-state index in [0.717, 1.165) is 39.3 Å². The number of allylic oxidation sites excluding steroid dienone is 1. The molecule has 0 aromatic rings. The molecule has 3 heterocycles. The zero-order valence-electron chi connectivity index (χ0n) is 19.4. The van der Waals surface area contributed by atoms with Gasteiger partial charge in [0.25, 0.3) is 6.47 Å². The van der Waals surface area contributed by atoms with E-state index < -0.39 is 52.0 Å². The van der Waals surface area contributed by atoms with Gasteiger partial charge in [-0.25, -0.2) is 0 Å². The molecule has 0 aromatic carbocycles. The van der Waals surface area contributed by atoms with Crippen LogP contribution < -0.4 is 4.72 Å². The molecular formula is C21H38N2O8S2. The van der Waals surface area contributed by atoms with Gasteiger partial charge in [0.15, 0.2) is 0 Å². The average Bonchev–Trinajstić information content (AvgIpc) is 2.76. The number of ether oxygens (including phenoxy) is 2. The lowest BCUT2D eigenvalue weighted by atomic mass is 9.93. The number of aliphatic hydroxyl groups excluding tert-OH is 3. The van der Waals surface area contributed by atoms with Gasteiger partial charge >= 0.3 is 0 Å². The Morgan fingerprint density at radius 2 is 1.76 bits per heavy atom. The van der Waals surface area contributed by atoms with E-state index in [1.165, 1.54) is 11.8 Å². The van der Waals surface area contributed by atoms with Gasteiger partial charge in [0.1, 0.15) is 34.6 Å². The van der Waals surface area contributed by atoms with Gasteiger partial charge in [-0.15, -0.1) is 16.5 Å². The molecule has 5 N–H and O–H groups in total. The number of carbonyl (C=O) groups is 1. The van der Waals surface area contributed by atoms with Crippen LogP contribution in [0.1, 0.15) is 33.6 Å². The van der Waals surface area contributed by atoms with Crippen molar-refractivity contribution in [2.24, 2.45) is 0 Å². The van der Waals surface area contributed by atoms with Gasteiger partial charge in [-0.1, -0.05) is 12.2 Å². The molecule has 2 fully saturated rings. The summed E-state index contributed by atoms with van der Waals surface area (Å²) in [5.74, 6) is 0. The number of hydrogen-bond donors (Lipinski definition) is 5. The molecule has 10 nitrogen and oxygen atoms in total. The standard InChI is InChI=1S/C20H36N2O6S2.CH2O2/c1-20(2,3)30(26)21-14-7-5-4-6-13(12-22-8-10-27-11-9-22)29-19-17(25)15(23)16(24)18(14)28-19;2-1-3/h4-5,13-19,21,23-25H,6-12H2,1-3H3;1H,(H,2,3)/b5-4-;/t13-,14+,15-,16+,17+,18+,19+,30+;/m0./s1. The number of aliphatic hydroxyl groups is 3. The van der Waals surface area contributed by atoms with Gasteiger partial charge in [0.05, 0.1) is 19.3 Å². The molecule has 0 aliphatic carbocycles. The van der Waals surface area contributed by atoms with E-state index in [0.29, 0.717) is 6.42 Å². The number of thioether (sulfide) groups is 1. The molecule has 0 unspecified atom stereocenters. The van der Waals surface area contributed by atoms with Crippen LogP contribution in [-0.2, 0) is 25.6 Å². The fraction of sp³-hybridized carbons (Fsp3) is 0.857. The van der Waals surface area contributed by atoms with Crippen molar-refractivity contribution in [3.8, 4) is 0 Å². The van der Waals surface area contributed by atoms with E-state index >= 15 is 0 Å². The molecule has 0 radical (unpaired) electrons. The van der Waals surface area contributed by atoms with E-state index in [-0.39, 0.29) is 11.7 Å². The zero-order valence-corrected chi connectivity index (χ0v) is 21.0. The molecule has 0 saturated carbocycles. The molecule has 33 heavy (non-hydrogen) atoms. The molecule has 0 spiro atoms. The minimum absolute atomic E-state index is 0.176. The van der Waals surface area contributed by atoms with E-state index in [9.17, 15) is 19.9 Å². The van der Waals surface area contributed by atoms with Crippen LogP contribution in [0.2, 0.25) is 0 Å². The first-order valence-electron chi connectivity index (χ1n) is 11.1. The Hall–Kier alpha value is -0.410. The first kappa shape index (κ1) is 28.8. The van der Waals surface area contributed by atoms with Crippen molar-refractivity contribution in [1.29, 1.82) is 0 Å². The quantitative estimate of drug-likeness (QED) is 0.192. The van der Waals surface area contributed by atoms with E-state index in [4.69, 9.17) is 19.4 Å². The Morgan fingerprint density at radius 1 is 1.15 bits per heavy atom. The Bertz CT molecular complexity index is 618. The second-order valence-corrected chi connectivity index (χ2v) is 12.7. The maximum atomic E-state index is 12.7. The molecule has 2 bridgehead atoms. The number of nitrogens with one attached hydrogen (secondary N) is 1. The van der Waals surface area contributed by atoms with Crippen LogP contribution in [0.4, 0.5) is 0 Å². The van der Waals surface area contributed by atoms with Crippen LogP contribution in [0.15, 0.2) is 12.2 Å². The highest BCUT2D eigenvalue weighted by Gasteiger charge is 2.48. The van der Waals surface area contributed by atoms with Crippen molar-refractivity contribution < 1.29 is 39.2 Å². The molecule has 2 saturated heterocycles. The lowest BCUT2D eigenvalue weighted by molar-refractivity contribution is -0.203. The lowest BCUT2D eigenvalue weighted by Gasteiger charge is -2.45. The number of hydrogen-bond acceptors (Lipinski definition) is 10. The summed E-state index contributed by atoms with van der Waals surface area (Å²) >= 11 is 0.137. The highest BCUT2D eigenvalue weighted by Crippen LogP contribution is 2.35. The Morgan fingerprint density at radius 3 is 2.36 bits per heavy atom. The molecule has 3 aliphatic rings. The summed E-state index contributed by atoms with van der Waals surface area (Å²) < 4.78 is 26.8. The molecule has 8 atom stereocenters. The van der Waals surface area contributed by atoms with Crippen molar-refractivity contribution in [3.05, 3.63) is 12.2 Å². The van der Waals surface area contributed by atoms with Crippen LogP contribution >= 0.6 is 11.8 Å². The Kier molecular flexibility index (Phi) is 11.9. The second kappa shape index (κ2) is 13.6. The summed E-state index contributed by atoms with van der Waals surface area (Å²) in [5, 5.41) is 38.8. The van der Waals surface area contributed by atoms with Crippen molar-refractivity contribution in [1.82, 2.24) is 9.62 Å². The third kappa shape index (κ3) is 8.64. The first-order chi connectivity index (χ1) is 15.6. The van der Waals surface area contributed by atoms with Crippen molar-refractivity contribution in [2.45, 2.75) is 79.5 Å². The van der Waals surface area contributed by atoms with Crippen molar-refractivity contribution >= 4 is 29.6 Å². The number of fused-ring (bicyclic) bond motifs is 2. The van der Waals surface area contributed by atoms with Crippen LogP contribution in [0, 0.1) is 0 Å². The molecule has 3 aliphatic heterocycles. The van der Waals surface area contributed by atoms with Gasteiger partial charge in [0, 0.05) is 36.2 Å². The van der Waals surface area contributed by atoms with Gasteiger partial charge in [0.2, 0.25) is 0 Å². The fourth-order valence-corrected chi connectivity index (χ4v) is 6.08. The highest BCUT2D eigenvalue weighted by molar-refractivity contribution is 8.00. The first-order valence-corrected chi connectivity index (χ1v) is 13.2. The average molecular weight is 511 g/mol. The topological polar surface area (TPSA) is 155 Å². The van der Waals surface area contributed by atoms with Crippen molar-refractivity contribution in [3.63, 3.8) is 0 Å². The number of nitrogens with zero attached hydrogens (tertiary/aromatic N) is 1. The molecule has 3 rings (SSSR count). The minimum atomic E-state index is -1.36. The number of carboxylic acid groups (broad SMARTS) is 1. The van der Waals surface area contributed by atoms with Crippen LogP contribution in [0.25, 0.3) is 0 Å². The summed E-state index contributed by atoms with van der Waals surface area (Å²) in [6.07, 6.45) is 0.893. The van der Waals surface area contributed by atoms with Gasteiger partial charge in [-0.05, 0) is 33.6 Å². The van der Waals surface area contributed by atoms with Gasteiger partial charge in [-0.2, -0.15) is 0 Å². The SMILES string of the molecule is CC(C)(C)[S@@+]([O-])N[C@@H]1C/C=C\C[C@@H](CN2CCOCC2)S[C@H]2O[C@H]1[C@H](O)[C@H](O)[C@H]2O.O=CO. The summed E-state index contributed by atoms with van der Waals surface area (Å²) in [6, 6.07) is -0.447. The van der Waals surface area contributed by atoms with Crippen LogP contribution in [0.5, 0.6) is 0 Å². The number of rotatable bonds is 4. The van der Waals surface area contributed by atoms with Gasteiger partial charge in [-0.3, -0.25) is 9.69 Å². The summed E-state index contributed by atoms with van der Waals surface area (Å²) in [5.41, 5.74) is -0.668. The smallest absolute Gasteiger partial charge is 0.290 e. The Balaban J connectivity index is 0.00000122. The zero-order chi connectivity index (χ0) is 24.6. The predicted molar refractivity (Wildman–Crippen MR) is 127 cm³/mol.